The fourth-order valence-corrected chi connectivity index (χ4v) is 3.75. The fraction of sp³-hybridized carbons (Fsp3) is 0.786. The average Bonchev–Trinajstić information content (AvgIpc) is 2.65. The van der Waals surface area contributed by atoms with Crippen molar-refractivity contribution >= 4 is 16.5 Å². The molecule has 19 heavy (non-hydrogen) atoms. The first-order valence-corrected chi connectivity index (χ1v) is 7.71. The van der Waals surface area contributed by atoms with E-state index in [1.165, 1.54) is 19.3 Å². The Kier molecular flexibility index (Phi) is 4.18. The summed E-state index contributed by atoms with van der Waals surface area (Å²) in [5, 5.41) is 10.7. The van der Waals surface area contributed by atoms with Crippen molar-refractivity contribution in [2.24, 2.45) is 0 Å². The van der Waals surface area contributed by atoms with Gasteiger partial charge in [-0.1, -0.05) is 11.3 Å². The standard InChI is InChI=1S/C14H25N3OS/c1-10-12(11(2)18)19-13(15-10)17(5)9-14(16(3)4)7-6-8-14/h11,18H,6-9H2,1-5H3. The van der Waals surface area contributed by atoms with Crippen molar-refractivity contribution in [1.82, 2.24) is 9.88 Å². The van der Waals surface area contributed by atoms with Crippen LogP contribution in [0, 0.1) is 6.92 Å². The van der Waals surface area contributed by atoms with E-state index < -0.39 is 6.10 Å². The Bertz CT molecular complexity index is 438. The van der Waals surface area contributed by atoms with Crippen molar-refractivity contribution in [1.29, 1.82) is 0 Å². The Morgan fingerprint density at radius 1 is 1.37 bits per heavy atom. The first-order chi connectivity index (χ1) is 8.85. The molecule has 4 nitrogen and oxygen atoms in total. The normalized spacial score (nSPS) is 19.3. The lowest BCUT2D eigenvalue weighted by atomic mass is 9.75. The molecule has 0 saturated heterocycles. The van der Waals surface area contributed by atoms with Crippen LogP contribution in [-0.2, 0) is 0 Å². The molecule has 1 saturated carbocycles. The number of hydrogen-bond donors (Lipinski definition) is 1. The lowest BCUT2D eigenvalue weighted by Gasteiger charge is -2.49. The first kappa shape index (κ1) is 14.8. The summed E-state index contributed by atoms with van der Waals surface area (Å²) in [6.07, 6.45) is 3.42. The smallest absolute Gasteiger partial charge is 0.185 e. The monoisotopic (exact) mass is 283 g/mol. The van der Waals surface area contributed by atoms with Crippen molar-refractivity contribution in [3.63, 3.8) is 0 Å². The van der Waals surface area contributed by atoms with Gasteiger partial charge in [0.05, 0.1) is 16.7 Å². The second kappa shape index (κ2) is 5.38. The molecule has 0 bridgehead atoms. The van der Waals surface area contributed by atoms with Crippen LogP contribution in [0.4, 0.5) is 5.13 Å². The molecule has 0 amide bonds. The molecule has 108 valence electrons. The summed E-state index contributed by atoms with van der Waals surface area (Å²) in [5.74, 6) is 0. The molecule has 1 aliphatic carbocycles. The molecule has 0 spiro atoms. The molecule has 1 aliphatic rings. The van der Waals surface area contributed by atoms with Gasteiger partial charge in [0.1, 0.15) is 0 Å². The molecular weight excluding hydrogens is 258 g/mol. The highest BCUT2D eigenvalue weighted by atomic mass is 32.1. The largest absolute Gasteiger partial charge is 0.388 e. The Hall–Kier alpha value is -0.650. The van der Waals surface area contributed by atoms with Crippen molar-refractivity contribution in [3.8, 4) is 0 Å². The van der Waals surface area contributed by atoms with Gasteiger partial charge in [0.15, 0.2) is 5.13 Å². The lowest BCUT2D eigenvalue weighted by Crippen LogP contribution is -2.56. The maximum Gasteiger partial charge on any atom is 0.185 e. The summed E-state index contributed by atoms with van der Waals surface area (Å²) in [4.78, 5) is 10.2. The highest BCUT2D eigenvalue weighted by molar-refractivity contribution is 7.15. The zero-order valence-corrected chi connectivity index (χ0v) is 13.4. The van der Waals surface area contributed by atoms with Crippen LogP contribution in [0.25, 0.3) is 0 Å². The van der Waals surface area contributed by atoms with Gasteiger partial charge < -0.3 is 14.9 Å². The van der Waals surface area contributed by atoms with E-state index in [1.807, 2.05) is 6.92 Å². The molecule has 0 radical (unpaired) electrons. The van der Waals surface area contributed by atoms with Crippen LogP contribution >= 0.6 is 11.3 Å². The topological polar surface area (TPSA) is 39.6 Å². The van der Waals surface area contributed by atoms with Crippen LogP contribution < -0.4 is 4.90 Å². The number of thiazole rings is 1. The number of aliphatic hydroxyl groups is 1. The molecule has 1 heterocycles. The summed E-state index contributed by atoms with van der Waals surface area (Å²) < 4.78 is 0. The second-order valence-electron chi connectivity index (χ2n) is 5.95. The molecule has 0 aliphatic heterocycles. The van der Waals surface area contributed by atoms with E-state index in [0.717, 1.165) is 22.2 Å². The predicted molar refractivity (Wildman–Crippen MR) is 81.0 cm³/mol. The van der Waals surface area contributed by atoms with E-state index in [1.54, 1.807) is 18.3 Å². The molecular formula is C14H25N3OS. The van der Waals surface area contributed by atoms with Gasteiger partial charge in [0.2, 0.25) is 0 Å². The Morgan fingerprint density at radius 2 is 2.00 bits per heavy atom. The molecule has 1 aromatic rings. The van der Waals surface area contributed by atoms with Gasteiger partial charge in [0, 0.05) is 19.1 Å². The maximum absolute atomic E-state index is 9.72. The zero-order valence-electron chi connectivity index (χ0n) is 12.6. The quantitative estimate of drug-likeness (QED) is 0.901. The minimum atomic E-state index is -0.425. The van der Waals surface area contributed by atoms with Crippen molar-refractivity contribution < 1.29 is 5.11 Å². The van der Waals surface area contributed by atoms with Crippen LogP contribution in [0.3, 0.4) is 0 Å². The number of aliphatic hydroxyl groups excluding tert-OH is 1. The zero-order chi connectivity index (χ0) is 14.2. The summed E-state index contributed by atoms with van der Waals surface area (Å²) in [5.41, 5.74) is 1.26. The predicted octanol–water partition coefficient (Wildman–Crippen LogP) is 2.43. The maximum atomic E-state index is 9.72. The third kappa shape index (κ3) is 2.78. The Balaban J connectivity index is 2.11. The number of aryl methyl sites for hydroxylation is 1. The highest BCUT2D eigenvalue weighted by Crippen LogP contribution is 2.38. The summed E-state index contributed by atoms with van der Waals surface area (Å²) in [6, 6.07) is 0. The molecule has 1 atom stereocenters. The molecule has 1 fully saturated rings. The summed E-state index contributed by atoms with van der Waals surface area (Å²) in [6.45, 7) is 4.78. The number of likely N-dealkylation sites (N-methyl/N-ethyl adjacent to an activating group) is 2. The van der Waals surface area contributed by atoms with E-state index in [9.17, 15) is 5.11 Å². The van der Waals surface area contributed by atoms with E-state index in [-0.39, 0.29) is 0 Å². The average molecular weight is 283 g/mol. The number of nitrogens with zero attached hydrogens (tertiary/aromatic N) is 3. The van der Waals surface area contributed by atoms with Gasteiger partial charge >= 0.3 is 0 Å². The molecule has 1 N–H and O–H groups in total. The van der Waals surface area contributed by atoms with Crippen LogP contribution in [0.1, 0.15) is 42.9 Å². The van der Waals surface area contributed by atoms with Crippen LogP contribution in [0.2, 0.25) is 0 Å². The third-order valence-electron chi connectivity index (χ3n) is 4.29. The van der Waals surface area contributed by atoms with Crippen LogP contribution in [0.5, 0.6) is 0 Å². The number of anilines is 1. The van der Waals surface area contributed by atoms with E-state index in [4.69, 9.17) is 0 Å². The van der Waals surface area contributed by atoms with Gasteiger partial charge in [-0.25, -0.2) is 4.98 Å². The van der Waals surface area contributed by atoms with Gasteiger partial charge in [-0.2, -0.15) is 0 Å². The van der Waals surface area contributed by atoms with Crippen LogP contribution in [-0.4, -0.2) is 48.2 Å². The van der Waals surface area contributed by atoms with E-state index in [2.05, 4.69) is 35.9 Å². The lowest BCUT2D eigenvalue weighted by molar-refractivity contribution is 0.0683. The highest BCUT2D eigenvalue weighted by Gasteiger charge is 2.40. The second-order valence-corrected chi connectivity index (χ2v) is 6.96. The van der Waals surface area contributed by atoms with Crippen LogP contribution in [0.15, 0.2) is 0 Å². The van der Waals surface area contributed by atoms with Crippen molar-refractivity contribution in [3.05, 3.63) is 10.6 Å². The minimum absolute atomic E-state index is 0.305. The fourth-order valence-electron chi connectivity index (χ4n) is 2.79. The SMILES string of the molecule is Cc1nc(N(C)CC2(N(C)C)CCC2)sc1C(C)O. The van der Waals surface area contributed by atoms with Crippen molar-refractivity contribution in [2.75, 3.05) is 32.6 Å². The van der Waals surface area contributed by atoms with E-state index in [0.29, 0.717) is 5.54 Å². The molecule has 2 rings (SSSR count). The molecule has 1 unspecified atom stereocenters. The Morgan fingerprint density at radius 3 is 2.37 bits per heavy atom. The number of hydrogen-bond acceptors (Lipinski definition) is 5. The van der Waals surface area contributed by atoms with Gasteiger partial charge in [-0.15, -0.1) is 0 Å². The van der Waals surface area contributed by atoms with Gasteiger partial charge in [-0.05, 0) is 47.2 Å². The van der Waals surface area contributed by atoms with E-state index >= 15 is 0 Å². The summed E-state index contributed by atoms with van der Waals surface area (Å²) >= 11 is 1.61. The number of rotatable bonds is 5. The molecule has 5 heteroatoms. The molecule has 1 aromatic heterocycles. The van der Waals surface area contributed by atoms with Gasteiger partial charge in [0.25, 0.3) is 0 Å². The van der Waals surface area contributed by atoms with Gasteiger partial charge in [-0.3, -0.25) is 0 Å². The molecule has 0 aromatic carbocycles. The Labute approximate surface area is 120 Å². The number of aromatic nitrogens is 1. The minimum Gasteiger partial charge on any atom is -0.388 e. The first-order valence-electron chi connectivity index (χ1n) is 6.90. The van der Waals surface area contributed by atoms with Crippen molar-refractivity contribution in [2.45, 2.75) is 44.8 Å². The third-order valence-corrected chi connectivity index (χ3v) is 5.73. The summed E-state index contributed by atoms with van der Waals surface area (Å²) in [7, 11) is 6.44.